The fourth-order valence-corrected chi connectivity index (χ4v) is 12.7. The van der Waals surface area contributed by atoms with Gasteiger partial charge < -0.3 is 9.47 Å². The number of anilines is 3. The highest BCUT2D eigenvalue weighted by atomic mass is 15.1. The van der Waals surface area contributed by atoms with Crippen LogP contribution in [0.25, 0.3) is 72.0 Å². The van der Waals surface area contributed by atoms with Crippen LogP contribution < -0.4 is 4.90 Å². The second-order valence-corrected chi connectivity index (χ2v) is 20.0. The van der Waals surface area contributed by atoms with E-state index < -0.39 is 5.41 Å². The molecule has 12 aromatic rings. The van der Waals surface area contributed by atoms with Gasteiger partial charge in [0.15, 0.2) is 0 Å². The van der Waals surface area contributed by atoms with E-state index in [1.54, 1.807) is 0 Å². The summed E-state index contributed by atoms with van der Waals surface area (Å²) in [5.74, 6) is 0. The van der Waals surface area contributed by atoms with Crippen molar-refractivity contribution in [1.29, 1.82) is 0 Å². The zero-order valence-corrected chi connectivity index (χ0v) is 40.3. The lowest BCUT2D eigenvalue weighted by molar-refractivity contribution is 0.660. The average molecular weight is 919 g/mol. The highest BCUT2D eigenvalue weighted by Crippen LogP contribution is 2.58. The lowest BCUT2D eigenvalue weighted by atomic mass is 9.68. The van der Waals surface area contributed by atoms with Gasteiger partial charge in [0.25, 0.3) is 0 Å². The molecular formula is C70H50N2. The second kappa shape index (κ2) is 16.3. The first kappa shape index (κ1) is 41.9. The lowest BCUT2D eigenvalue weighted by Gasteiger charge is -2.34. The molecule has 11 aromatic carbocycles. The van der Waals surface area contributed by atoms with Gasteiger partial charge in [0, 0.05) is 38.7 Å². The molecule has 14 rings (SSSR count). The van der Waals surface area contributed by atoms with Crippen molar-refractivity contribution in [2.75, 3.05) is 4.90 Å². The number of benzene rings is 11. The first-order valence-electron chi connectivity index (χ1n) is 25.2. The SMILES string of the molecule is CC1(C)c2ccccc2-c2ccc(N(c3ccccc3)c3ccccc3-c3cccc(-c4ccc5c(c4)c4ccccc4n5-c4cccc5c4-c4ccccc4C5(c4ccccc4)c4ccccc4)c3)cc21. The molecule has 0 saturated heterocycles. The topological polar surface area (TPSA) is 8.17 Å². The quantitative estimate of drug-likeness (QED) is 0.147. The van der Waals surface area contributed by atoms with Gasteiger partial charge in [-0.3, -0.25) is 0 Å². The number of aromatic nitrogens is 1. The molecule has 2 nitrogen and oxygen atoms in total. The number of fused-ring (bicyclic) bond motifs is 9. The summed E-state index contributed by atoms with van der Waals surface area (Å²) in [6, 6.07) is 98.9. The van der Waals surface area contributed by atoms with Crippen LogP contribution in [0.15, 0.2) is 267 Å². The van der Waals surface area contributed by atoms with E-state index in [2.05, 4.69) is 290 Å². The summed E-state index contributed by atoms with van der Waals surface area (Å²) >= 11 is 0. The van der Waals surface area contributed by atoms with Crippen LogP contribution in [-0.2, 0) is 10.8 Å². The zero-order valence-electron chi connectivity index (χ0n) is 40.3. The summed E-state index contributed by atoms with van der Waals surface area (Å²) in [6.45, 7) is 4.72. The third kappa shape index (κ3) is 6.15. The maximum atomic E-state index is 2.51. The molecule has 0 radical (unpaired) electrons. The summed E-state index contributed by atoms with van der Waals surface area (Å²) in [5, 5.41) is 2.46. The van der Waals surface area contributed by atoms with Crippen LogP contribution in [0, 0.1) is 0 Å². The minimum absolute atomic E-state index is 0.116. The van der Waals surface area contributed by atoms with E-state index in [-0.39, 0.29) is 5.41 Å². The molecule has 0 amide bonds. The van der Waals surface area contributed by atoms with Gasteiger partial charge in [0.1, 0.15) is 0 Å². The molecule has 0 N–H and O–H groups in total. The Morgan fingerprint density at radius 3 is 1.68 bits per heavy atom. The lowest BCUT2D eigenvalue weighted by Crippen LogP contribution is -2.28. The van der Waals surface area contributed by atoms with E-state index >= 15 is 0 Å². The van der Waals surface area contributed by atoms with E-state index in [9.17, 15) is 0 Å². The smallest absolute Gasteiger partial charge is 0.0714 e. The van der Waals surface area contributed by atoms with Gasteiger partial charge in [-0.25, -0.2) is 0 Å². The molecule has 0 spiro atoms. The van der Waals surface area contributed by atoms with E-state index in [1.807, 2.05) is 0 Å². The summed E-state index contributed by atoms with van der Waals surface area (Å²) in [4.78, 5) is 2.44. The molecule has 0 fully saturated rings. The standard InChI is InChI=1S/C70H50N2/c1-69(2)60-34-16-12-31-55(60)56-42-41-53(46-63(56)69)71(52-28-10-5-11-29-52)64-37-18-14-30-54(64)49-23-20-22-47(44-49)48-40-43-66-59(45-48)57-32-15-19-38-65(57)72(66)67-39-21-36-62-68(67)58-33-13-17-35-61(58)70(62,50-24-6-3-7-25-50)51-26-8-4-9-27-51/h3-46H,1-2H3. The van der Waals surface area contributed by atoms with Crippen molar-refractivity contribution in [2.45, 2.75) is 24.7 Å². The summed E-state index contributed by atoms with van der Waals surface area (Å²) in [6.07, 6.45) is 0. The van der Waals surface area contributed by atoms with Crippen molar-refractivity contribution < 1.29 is 0 Å². The van der Waals surface area contributed by atoms with E-state index in [4.69, 9.17) is 0 Å². The van der Waals surface area contributed by atoms with Crippen LogP contribution in [0.1, 0.15) is 47.2 Å². The molecular weight excluding hydrogens is 869 g/mol. The fourth-order valence-electron chi connectivity index (χ4n) is 12.7. The normalized spacial score (nSPS) is 13.6. The van der Waals surface area contributed by atoms with Gasteiger partial charge in [-0.1, -0.05) is 220 Å². The Balaban J connectivity index is 0.906. The van der Waals surface area contributed by atoms with Crippen molar-refractivity contribution in [1.82, 2.24) is 4.57 Å². The molecule has 1 aromatic heterocycles. The average Bonchev–Trinajstić information content (AvgIpc) is 4.03. The van der Waals surface area contributed by atoms with Crippen molar-refractivity contribution in [2.24, 2.45) is 0 Å². The van der Waals surface area contributed by atoms with Gasteiger partial charge in [-0.2, -0.15) is 0 Å². The number of rotatable bonds is 8. The molecule has 2 aliphatic rings. The Morgan fingerprint density at radius 2 is 0.903 bits per heavy atom. The van der Waals surface area contributed by atoms with Crippen molar-refractivity contribution >= 4 is 38.9 Å². The zero-order chi connectivity index (χ0) is 48.0. The van der Waals surface area contributed by atoms with Gasteiger partial charge in [0.05, 0.1) is 27.8 Å². The Bertz CT molecular complexity index is 4030. The van der Waals surface area contributed by atoms with Crippen LogP contribution in [0.5, 0.6) is 0 Å². The highest BCUT2D eigenvalue weighted by Gasteiger charge is 2.47. The van der Waals surface area contributed by atoms with Crippen LogP contribution in [0.2, 0.25) is 0 Å². The fraction of sp³-hybridized carbons (Fsp3) is 0.0571. The third-order valence-electron chi connectivity index (χ3n) is 15.9. The van der Waals surface area contributed by atoms with Crippen molar-refractivity contribution in [3.8, 4) is 50.2 Å². The number of nitrogens with zero attached hydrogens (tertiary/aromatic N) is 2. The number of hydrogen-bond donors (Lipinski definition) is 0. The Hall–Kier alpha value is -8.98. The van der Waals surface area contributed by atoms with Crippen LogP contribution in [0.3, 0.4) is 0 Å². The molecule has 2 aliphatic carbocycles. The van der Waals surface area contributed by atoms with Gasteiger partial charge in [0.2, 0.25) is 0 Å². The Labute approximate surface area is 421 Å². The van der Waals surface area contributed by atoms with Crippen LogP contribution in [-0.4, -0.2) is 4.57 Å². The predicted octanol–water partition coefficient (Wildman–Crippen LogP) is 18.3. The van der Waals surface area contributed by atoms with Crippen LogP contribution in [0.4, 0.5) is 17.1 Å². The Morgan fingerprint density at radius 1 is 0.333 bits per heavy atom. The van der Waals surface area contributed by atoms with Crippen LogP contribution >= 0.6 is 0 Å². The van der Waals surface area contributed by atoms with Gasteiger partial charge in [-0.15, -0.1) is 0 Å². The summed E-state index contributed by atoms with van der Waals surface area (Å²) in [5.41, 5.74) is 24.1. The van der Waals surface area contributed by atoms with Gasteiger partial charge >= 0.3 is 0 Å². The molecule has 0 saturated carbocycles. The molecule has 0 aliphatic heterocycles. The molecule has 1 heterocycles. The van der Waals surface area contributed by atoms with Gasteiger partial charge in [-0.05, 0) is 127 Å². The summed E-state index contributed by atoms with van der Waals surface area (Å²) < 4.78 is 2.51. The minimum Gasteiger partial charge on any atom is -0.310 e. The minimum atomic E-state index is -0.483. The van der Waals surface area contributed by atoms with E-state index in [1.165, 1.54) is 105 Å². The van der Waals surface area contributed by atoms with Crippen molar-refractivity contribution in [3.63, 3.8) is 0 Å². The molecule has 72 heavy (non-hydrogen) atoms. The monoisotopic (exact) mass is 918 g/mol. The molecule has 0 atom stereocenters. The number of hydrogen-bond acceptors (Lipinski definition) is 1. The van der Waals surface area contributed by atoms with E-state index in [0.29, 0.717) is 0 Å². The number of para-hydroxylation sites is 3. The maximum absolute atomic E-state index is 2.51. The Kier molecular flexibility index (Phi) is 9.50. The molecule has 340 valence electrons. The second-order valence-electron chi connectivity index (χ2n) is 20.0. The maximum Gasteiger partial charge on any atom is 0.0714 e. The molecule has 0 unspecified atom stereocenters. The van der Waals surface area contributed by atoms with E-state index in [0.717, 1.165) is 17.1 Å². The molecule has 2 heteroatoms. The first-order valence-corrected chi connectivity index (χ1v) is 25.2. The highest BCUT2D eigenvalue weighted by molar-refractivity contribution is 6.11. The predicted molar refractivity (Wildman–Crippen MR) is 301 cm³/mol. The third-order valence-corrected chi connectivity index (χ3v) is 15.9. The van der Waals surface area contributed by atoms with Crippen molar-refractivity contribution in [3.05, 3.63) is 300 Å². The first-order chi connectivity index (χ1) is 35.5. The largest absolute Gasteiger partial charge is 0.310 e. The molecule has 0 bridgehead atoms. The summed E-state index contributed by atoms with van der Waals surface area (Å²) in [7, 11) is 0.